The summed E-state index contributed by atoms with van der Waals surface area (Å²) in [4.78, 5) is 24.5. The highest BCUT2D eigenvalue weighted by molar-refractivity contribution is 8.01. The van der Waals surface area contributed by atoms with Gasteiger partial charge in [0.05, 0.1) is 11.0 Å². The summed E-state index contributed by atoms with van der Waals surface area (Å²) < 4.78 is 0. The Labute approximate surface area is 159 Å². The Morgan fingerprint density at radius 1 is 0.962 bits per heavy atom. The molecule has 0 aliphatic rings. The number of carbonyl (C=O) groups is 2. The lowest BCUT2D eigenvalue weighted by Crippen LogP contribution is -2.25. The third-order valence-corrected chi connectivity index (χ3v) is 5.63. The average Bonchev–Trinajstić information content (AvgIpc) is 2.60. The van der Waals surface area contributed by atoms with Crippen molar-refractivity contribution < 1.29 is 9.59 Å². The monoisotopic (exact) mass is 370 g/mol. The van der Waals surface area contributed by atoms with Crippen LogP contribution in [0.15, 0.2) is 36.4 Å². The summed E-state index contributed by atoms with van der Waals surface area (Å²) in [5.41, 5.74) is 6.13. The fourth-order valence-electron chi connectivity index (χ4n) is 2.41. The molecule has 0 fully saturated rings. The van der Waals surface area contributed by atoms with Crippen LogP contribution in [-0.2, 0) is 9.59 Å². The first kappa shape index (κ1) is 20.0. The molecule has 4 nitrogen and oxygen atoms in total. The van der Waals surface area contributed by atoms with Crippen LogP contribution < -0.4 is 10.6 Å². The van der Waals surface area contributed by atoms with Gasteiger partial charge in [0.15, 0.2) is 0 Å². The second-order valence-corrected chi connectivity index (χ2v) is 7.87. The molecule has 2 amide bonds. The first-order valence-corrected chi connectivity index (χ1v) is 9.68. The molecule has 0 heterocycles. The average molecular weight is 371 g/mol. The summed E-state index contributed by atoms with van der Waals surface area (Å²) in [5, 5.41) is 5.51. The van der Waals surface area contributed by atoms with Crippen LogP contribution >= 0.6 is 11.8 Å². The van der Waals surface area contributed by atoms with E-state index >= 15 is 0 Å². The summed E-state index contributed by atoms with van der Waals surface area (Å²) in [6, 6.07) is 11.7. The minimum atomic E-state index is -0.319. The number of rotatable bonds is 6. The fourth-order valence-corrected chi connectivity index (χ4v) is 3.10. The fraction of sp³-hybridized carbons (Fsp3) is 0.333. The smallest absolute Gasteiger partial charge is 0.237 e. The van der Waals surface area contributed by atoms with Crippen LogP contribution in [0, 0.1) is 27.7 Å². The zero-order valence-electron chi connectivity index (χ0n) is 16.0. The first-order chi connectivity index (χ1) is 12.3. The number of amides is 2. The molecule has 0 spiro atoms. The molecule has 138 valence electrons. The van der Waals surface area contributed by atoms with Crippen LogP contribution in [0.25, 0.3) is 0 Å². The first-order valence-electron chi connectivity index (χ1n) is 8.63. The third kappa shape index (κ3) is 5.36. The number of anilines is 2. The van der Waals surface area contributed by atoms with Crippen LogP contribution in [0.3, 0.4) is 0 Å². The molecule has 0 aliphatic heterocycles. The molecule has 0 saturated heterocycles. The molecule has 0 aromatic heterocycles. The van der Waals surface area contributed by atoms with Crippen molar-refractivity contribution in [3.8, 4) is 0 Å². The van der Waals surface area contributed by atoms with Crippen molar-refractivity contribution in [2.75, 3.05) is 16.4 Å². The van der Waals surface area contributed by atoms with Gasteiger partial charge >= 0.3 is 0 Å². The molecule has 2 N–H and O–H groups in total. The largest absolute Gasteiger partial charge is 0.325 e. The molecule has 2 aromatic rings. The standard InChI is InChI=1S/C21H26N2O2S/c1-13-9-10-18(11-15(13)3)22-20(24)12-26-17(5)21(25)23-19-8-6-7-14(2)16(19)4/h6-11,17H,12H2,1-5H3,(H,22,24)(H,23,25). The lowest BCUT2D eigenvalue weighted by molar-refractivity contribution is -0.115. The molecule has 2 aromatic carbocycles. The highest BCUT2D eigenvalue weighted by atomic mass is 32.2. The van der Waals surface area contributed by atoms with Gasteiger partial charge < -0.3 is 10.6 Å². The topological polar surface area (TPSA) is 58.2 Å². The van der Waals surface area contributed by atoms with E-state index in [-0.39, 0.29) is 22.8 Å². The molecule has 0 bridgehead atoms. The van der Waals surface area contributed by atoms with Gasteiger partial charge in [-0.1, -0.05) is 18.2 Å². The van der Waals surface area contributed by atoms with Gasteiger partial charge in [-0.15, -0.1) is 11.8 Å². The number of carbonyl (C=O) groups excluding carboxylic acids is 2. The van der Waals surface area contributed by atoms with Crippen molar-refractivity contribution in [3.63, 3.8) is 0 Å². The molecule has 1 atom stereocenters. The summed E-state index contributed by atoms with van der Waals surface area (Å²) in [5.74, 6) is 0.0289. The minimum absolute atomic E-state index is 0.0947. The second-order valence-electron chi connectivity index (χ2n) is 6.54. The lowest BCUT2D eigenvalue weighted by atomic mass is 10.1. The Morgan fingerprint density at radius 2 is 1.69 bits per heavy atom. The third-order valence-electron chi connectivity index (χ3n) is 4.49. The van der Waals surface area contributed by atoms with Gasteiger partial charge in [-0.3, -0.25) is 9.59 Å². The Morgan fingerprint density at radius 3 is 2.38 bits per heavy atom. The van der Waals surface area contributed by atoms with Crippen LogP contribution in [0.1, 0.15) is 29.2 Å². The maximum Gasteiger partial charge on any atom is 0.237 e. The van der Waals surface area contributed by atoms with Crippen molar-refractivity contribution in [1.29, 1.82) is 0 Å². The van der Waals surface area contributed by atoms with E-state index in [1.165, 1.54) is 17.3 Å². The second kappa shape index (κ2) is 8.90. The number of nitrogens with one attached hydrogen (secondary N) is 2. The van der Waals surface area contributed by atoms with E-state index < -0.39 is 0 Å². The zero-order chi connectivity index (χ0) is 19.3. The van der Waals surface area contributed by atoms with Gasteiger partial charge in [0.1, 0.15) is 0 Å². The van der Waals surface area contributed by atoms with Gasteiger partial charge in [0.2, 0.25) is 11.8 Å². The van der Waals surface area contributed by atoms with Gasteiger partial charge in [-0.05, 0) is 75.1 Å². The Balaban J connectivity index is 1.85. The Hall–Kier alpha value is -2.27. The molecule has 0 radical (unpaired) electrons. The molecule has 1 unspecified atom stereocenters. The van der Waals surface area contributed by atoms with E-state index in [1.807, 2.05) is 71.0 Å². The summed E-state index contributed by atoms with van der Waals surface area (Å²) in [6.07, 6.45) is 0. The van der Waals surface area contributed by atoms with Crippen molar-refractivity contribution in [1.82, 2.24) is 0 Å². The SMILES string of the molecule is Cc1ccc(NC(=O)CSC(C)C(=O)Nc2cccc(C)c2C)cc1C. The van der Waals surface area contributed by atoms with E-state index in [9.17, 15) is 9.59 Å². The quantitative estimate of drug-likeness (QED) is 0.780. The number of benzene rings is 2. The molecule has 0 saturated carbocycles. The van der Waals surface area contributed by atoms with E-state index in [4.69, 9.17) is 0 Å². The van der Waals surface area contributed by atoms with Crippen LogP contribution in [-0.4, -0.2) is 22.8 Å². The van der Waals surface area contributed by atoms with Crippen molar-refractivity contribution in [2.24, 2.45) is 0 Å². The van der Waals surface area contributed by atoms with E-state index in [0.717, 1.165) is 28.1 Å². The number of hydrogen-bond donors (Lipinski definition) is 2. The zero-order valence-corrected chi connectivity index (χ0v) is 16.8. The van der Waals surface area contributed by atoms with Crippen molar-refractivity contribution >= 4 is 35.0 Å². The summed E-state index contributed by atoms with van der Waals surface area (Å²) in [7, 11) is 0. The van der Waals surface area contributed by atoms with Gasteiger partial charge in [0, 0.05) is 11.4 Å². The van der Waals surface area contributed by atoms with Crippen molar-refractivity contribution in [3.05, 3.63) is 58.7 Å². The van der Waals surface area contributed by atoms with Gasteiger partial charge in [-0.25, -0.2) is 0 Å². The summed E-state index contributed by atoms with van der Waals surface area (Å²) >= 11 is 1.32. The molecule has 0 aliphatic carbocycles. The van der Waals surface area contributed by atoms with Crippen LogP contribution in [0.5, 0.6) is 0 Å². The van der Waals surface area contributed by atoms with E-state index in [0.29, 0.717) is 0 Å². The number of thioether (sulfide) groups is 1. The molecular weight excluding hydrogens is 344 g/mol. The van der Waals surface area contributed by atoms with E-state index in [2.05, 4.69) is 10.6 Å². The van der Waals surface area contributed by atoms with Gasteiger partial charge in [-0.2, -0.15) is 0 Å². The normalized spacial score (nSPS) is 11.7. The van der Waals surface area contributed by atoms with Crippen LogP contribution in [0.2, 0.25) is 0 Å². The minimum Gasteiger partial charge on any atom is -0.325 e. The predicted octanol–water partition coefficient (Wildman–Crippen LogP) is 4.62. The number of aryl methyl sites for hydroxylation is 3. The molecule has 2 rings (SSSR count). The highest BCUT2D eigenvalue weighted by Gasteiger charge is 2.16. The number of hydrogen-bond acceptors (Lipinski definition) is 3. The maximum atomic E-state index is 12.4. The maximum absolute atomic E-state index is 12.4. The Kier molecular flexibility index (Phi) is 6.86. The van der Waals surface area contributed by atoms with Crippen LogP contribution in [0.4, 0.5) is 11.4 Å². The Bertz CT molecular complexity index is 818. The molecular formula is C21H26N2O2S. The van der Waals surface area contributed by atoms with Gasteiger partial charge in [0.25, 0.3) is 0 Å². The summed E-state index contributed by atoms with van der Waals surface area (Å²) in [6.45, 7) is 9.86. The van der Waals surface area contributed by atoms with Crippen molar-refractivity contribution in [2.45, 2.75) is 39.9 Å². The lowest BCUT2D eigenvalue weighted by Gasteiger charge is -2.14. The van der Waals surface area contributed by atoms with E-state index in [1.54, 1.807) is 0 Å². The molecule has 26 heavy (non-hydrogen) atoms. The highest BCUT2D eigenvalue weighted by Crippen LogP contribution is 2.20. The predicted molar refractivity (Wildman–Crippen MR) is 111 cm³/mol. The molecule has 5 heteroatoms.